The summed E-state index contributed by atoms with van der Waals surface area (Å²) >= 11 is 0. The fourth-order valence-electron chi connectivity index (χ4n) is 2.48. The minimum Gasteiger partial charge on any atom is -0.481 e. The van der Waals surface area contributed by atoms with Gasteiger partial charge in [0.1, 0.15) is 0 Å². The Morgan fingerprint density at radius 1 is 0.833 bits per heavy atom. The van der Waals surface area contributed by atoms with Gasteiger partial charge in [-0.1, -0.05) is 71.6 Å². The number of carbonyl (C=O) groups is 1. The second kappa shape index (κ2) is 12.9. The normalized spacial score (nSPS) is 12.6. The number of aliphatic carboxylic acids is 1. The molecule has 0 saturated heterocycles. The maximum Gasteiger partial charge on any atom is 0.303 e. The number of carboxylic acid groups (broad SMARTS) is 1. The van der Waals surface area contributed by atoms with Gasteiger partial charge in [0.15, 0.2) is 0 Å². The van der Waals surface area contributed by atoms with Crippen LogP contribution >= 0.6 is 0 Å². The number of hydrogen-bond acceptors (Lipinski definition) is 1. The van der Waals surface area contributed by atoms with E-state index in [-0.39, 0.29) is 0 Å². The zero-order chi connectivity index (χ0) is 13.6. The quantitative estimate of drug-likeness (QED) is 0.447. The first-order valence-electron chi connectivity index (χ1n) is 7.92. The molecule has 0 aromatic heterocycles. The Balaban J connectivity index is 3.52. The molecule has 0 aliphatic heterocycles. The summed E-state index contributed by atoms with van der Waals surface area (Å²) in [4.78, 5) is 10.8. The summed E-state index contributed by atoms with van der Waals surface area (Å²) in [6.45, 7) is 4.41. The van der Waals surface area contributed by atoms with E-state index in [4.69, 9.17) is 5.11 Å². The molecule has 18 heavy (non-hydrogen) atoms. The molecule has 0 bridgehead atoms. The molecule has 0 aliphatic rings. The fraction of sp³-hybridized carbons (Fsp3) is 0.938. The van der Waals surface area contributed by atoms with Gasteiger partial charge in [-0.3, -0.25) is 4.79 Å². The highest BCUT2D eigenvalue weighted by Gasteiger charge is 2.12. The molecule has 1 N–H and O–H groups in total. The summed E-state index contributed by atoms with van der Waals surface area (Å²) in [5.41, 5.74) is 0. The van der Waals surface area contributed by atoms with Gasteiger partial charge in [0.25, 0.3) is 0 Å². The van der Waals surface area contributed by atoms with Crippen LogP contribution in [0.25, 0.3) is 0 Å². The van der Waals surface area contributed by atoms with Gasteiger partial charge in [-0.15, -0.1) is 0 Å². The van der Waals surface area contributed by atoms with Crippen LogP contribution in [-0.2, 0) is 4.79 Å². The van der Waals surface area contributed by atoms with Gasteiger partial charge < -0.3 is 5.11 Å². The lowest BCUT2D eigenvalue weighted by atomic mass is 9.92. The Hall–Kier alpha value is -0.530. The second-order valence-electron chi connectivity index (χ2n) is 5.52. The van der Waals surface area contributed by atoms with Gasteiger partial charge in [0.05, 0.1) is 0 Å². The monoisotopic (exact) mass is 256 g/mol. The predicted molar refractivity (Wildman–Crippen MR) is 77.9 cm³/mol. The molecule has 108 valence electrons. The molecule has 0 saturated carbocycles. The Morgan fingerprint density at radius 2 is 1.33 bits per heavy atom. The minimum atomic E-state index is -0.626. The lowest BCUT2D eigenvalue weighted by molar-refractivity contribution is -0.138. The van der Waals surface area contributed by atoms with E-state index < -0.39 is 5.97 Å². The van der Waals surface area contributed by atoms with E-state index >= 15 is 0 Å². The summed E-state index contributed by atoms with van der Waals surface area (Å²) < 4.78 is 0. The van der Waals surface area contributed by atoms with Crippen LogP contribution in [0, 0.1) is 5.92 Å². The smallest absolute Gasteiger partial charge is 0.303 e. The highest BCUT2D eigenvalue weighted by molar-refractivity contribution is 5.66. The lowest BCUT2D eigenvalue weighted by Gasteiger charge is -2.14. The van der Waals surface area contributed by atoms with E-state index in [1.807, 2.05) is 0 Å². The van der Waals surface area contributed by atoms with Crippen molar-refractivity contribution in [1.82, 2.24) is 0 Å². The van der Waals surface area contributed by atoms with Crippen molar-refractivity contribution in [2.24, 2.45) is 5.92 Å². The standard InChI is InChI=1S/C16H32O2/c1-3-5-7-8-9-10-11-13-15(12-6-4-2)14-16(17)18/h15H,3-14H2,1-2H3,(H,17,18). The zero-order valence-corrected chi connectivity index (χ0v) is 12.4. The highest BCUT2D eigenvalue weighted by Crippen LogP contribution is 2.21. The number of carboxylic acids is 1. The fourth-order valence-corrected chi connectivity index (χ4v) is 2.48. The molecule has 0 spiro atoms. The molecule has 2 nitrogen and oxygen atoms in total. The van der Waals surface area contributed by atoms with E-state index in [0.29, 0.717) is 12.3 Å². The van der Waals surface area contributed by atoms with Crippen LogP contribution in [0.1, 0.15) is 90.9 Å². The van der Waals surface area contributed by atoms with E-state index in [0.717, 1.165) is 12.8 Å². The molecule has 0 amide bonds. The first-order valence-corrected chi connectivity index (χ1v) is 7.92. The van der Waals surface area contributed by atoms with Crippen LogP contribution in [0.15, 0.2) is 0 Å². The Labute approximate surface area is 113 Å². The molecule has 0 radical (unpaired) electrons. The molecule has 0 aromatic rings. The molecule has 0 aromatic carbocycles. The lowest BCUT2D eigenvalue weighted by Crippen LogP contribution is -2.08. The Kier molecular flexibility index (Phi) is 12.5. The third-order valence-corrected chi connectivity index (χ3v) is 3.65. The zero-order valence-electron chi connectivity index (χ0n) is 12.4. The van der Waals surface area contributed by atoms with E-state index in [9.17, 15) is 4.79 Å². The third-order valence-electron chi connectivity index (χ3n) is 3.65. The summed E-state index contributed by atoms with van der Waals surface area (Å²) in [5, 5.41) is 8.88. The van der Waals surface area contributed by atoms with Crippen molar-refractivity contribution in [3.8, 4) is 0 Å². The second-order valence-corrected chi connectivity index (χ2v) is 5.52. The van der Waals surface area contributed by atoms with Crippen LogP contribution in [-0.4, -0.2) is 11.1 Å². The first-order chi connectivity index (χ1) is 8.70. The highest BCUT2D eigenvalue weighted by atomic mass is 16.4. The SMILES string of the molecule is CCCCCCCCCC(CCCC)CC(=O)O. The Bertz CT molecular complexity index is 190. The predicted octanol–water partition coefficient (Wildman–Crippen LogP) is 5.41. The van der Waals surface area contributed by atoms with Crippen LogP contribution in [0.2, 0.25) is 0 Å². The number of rotatable bonds is 13. The molecular weight excluding hydrogens is 224 g/mol. The van der Waals surface area contributed by atoms with E-state index in [1.54, 1.807) is 0 Å². The van der Waals surface area contributed by atoms with Crippen molar-refractivity contribution < 1.29 is 9.90 Å². The topological polar surface area (TPSA) is 37.3 Å². The summed E-state index contributed by atoms with van der Waals surface area (Å²) in [7, 11) is 0. The molecule has 0 aliphatic carbocycles. The average Bonchev–Trinajstić information content (AvgIpc) is 2.34. The van der Waals surface area contributed by atoms with Crippen molar-refractivity contribution in [2.45, 2.75) is 90.9 Å². The molecule has 0 fully saturated rings. The summed E-state index contributed by atoms with van der Waals surface area (Å²) in [5.74, 6) is -0.211. The summed E-state index contributed by atoms with van der Waals surface area (Å²) in [6, 6.07) is 0. The maximum absolute atomic E-state index is 10.8. The molecule has 0 rings (SSSR count). The van der Waals surface area contributed by atoms with Gasteiger partial charge in [0, 0.05) is 6.42 Å². The van der Waals surface area contributed by atoms with Crippen molar-refractivity contribution in [3.63, 3.8) is 0 Å². The molecule has 2 heteroatoms. The van der Waals surface area contributed by atoms with Crippen LogP contribution in [0.5, 0.6) is 0 Å². The van der Waals surface area contributed by atoms with Gasteiger partial charge in [0.2, 0.25) is 0 Å². The van der Waals surface area contributed by atoms with Crippen molar-refractivity contribution >= 4 is 5.97 Å². The largest absolute Gasteiger partial charge is 0.481 e. The Morgan fingerprint density at radius 3 is 1.89 bits per heavy atom. The minimum absolute atomic E-state index is 0.371. The molecule has 1 unspecified atom stereocenters. The van der Waals surface area contributed by atoms with Gasteiger partial charge in [-0.25, -0.2) is 0 Å². The van der Waals surface area contributed by atoms with Gasteiger partial charge >= 0.3 is 5.97 Å². The van der Waals surface area contributed by atoms with Crippen molar-refractivity contribution in [3.05, 3.63) is 0 Å². The average molecular weight is 256 g/mol. The first kappa shape index (κ1) is 17.5. The van der Waals surface area contributed by atoms with Gasteiger partial charge in [-0.05, 0) is 18.8 Å². The van der Waals surface area contributed by atoms with Gasteiger partial charge in [-0.2, -0.15) is 0 Å². The van der Waals surface area contributed by atoms with E-state index in [2.05, 4.69) is 13.8 Å². The summed E-state index contributed by atoms with van der Waals surface area (Å²) in [6.07, 6.45) is 14.1. The van der Waals surface area contributed by atoms with E-state index in [1.165, 1.54) is 57.8 Å². The third kappa shape index (κ3) is 11.9. The van der Waals surface area contributed by atoms with Crippen LogP contribution in [0.4, 0.5) is 0 Å². The molecule has 0 heterocycles. The number of unbranched alkanes of at least 4 members (excludes halogenated alkanes) is 7. The van der Waals surface area contributed by atoms with Crippen molar-refractivity contribution in [2.75, 3.05) is 0 Å². The number of hydrogen-bond donors (Lipinski definition) is 1. The molecular formula is C16H32O2. The molecule has 1 atom stereocenters. The van der Waals surface area contributed by atoms with Crippen LogP contribution in [0.3, 0.4) is 0 Å². The van der Waals surface area contributed by atoms with Crippen molar-refractivity contribution in [1.29, 1.82) is 0 Å². The van der Waals surface area contributed by atoms with Crippen LogP contribution < -0.4 is 0 Å². The maximum atomic E-state index is 10.8.